The predicted molar refractivity (Wildman–Crippen MR) is 44.9 cm³/mol. The molecule has 0 saturated heterocycles. The third kappa shape index (κ3) is 1.08. The first-order chi connectivity index (χ1) is 5.92. The summed E-state index contributed by atoms with van der Waals surface area (Å²) in [6.45, 7) is 0.815. The average molecular weight is 161 g/mol. The van der Waals surface area contributed by atoms with Crippen molar-refractivity contribution < 1.29 is 4.79 Å². The molecule has 2 rings (SSSR count). The molecule has 3 nitrogen and oxygen atoms in total. The number of nitrogens with one attached hydrogen (secondary N) is 2. The van der Waals surface area contributed by atoms with Crippen molar-refractivity contribution in [2.24, 2.45) is 0 Å². The Morgan fingerprint density at radius 2 is 2.33 bits per heavy atom. The molecule has 0 bridgehead atoms. The van der Waals surface area contributed by atoms with Crippen molar-refractivity contribution in [2.45, 2.75) is 12.7 Å². The average Bonchev–Trinajstić information content (AvgIpc) is 2.50. The van der Waals surface area contributed by atoms with Crippen LogP contribution in [0, 0.1) is 0 Å². The van der Waals surface area contributed by atoms with Crippen molar-refractivity contribution in [3.05, 3.63) is 35.4 Å². The lowest BCUT2D eigenvalue weighted by atomic mass is 10.1. The maximum Gasteiger partial charge on any atom is 0.310 e. The van der Waals surface area contributed by atoms with Crippen LogP contribution in [0.1, 0.15) is 17.3 Å². The maximum atomic E-state index is 10.1. The van der Waals surface area contributed by atoms with Crippen molar-refractivity contribution in [1.29, 1.82) is 0 Å². The van der Waals surface area contributed by atoms with Crippen LogP contribution in [0.25, 0.3) is 0 Å². The van der Waals surface area contributed by atoms with E-state index in [9.17, 15) is 4.79 Å². The van der Waals surface area contributed by atoms with Crippen molar-refractivity contribution in [2.75, 3.05) is 0 Å². The predicted octanol–water partition coefficient (Wildman–Crippen LogP) is 0.445. The summed E-state index contributed by atoms with van der Waals surface area (Å²) < 4.78 is 0. The summed E-state index contributed by atoms with van der Waals surface area (Å²) in [6.07, 6.45) is 1.63. The van der Waals surface area contributed by atoms with Gasteiger partial charge in [-0.05, 0) is 11.1 Å². The third-order valence-electron chi connectivity index (χ3n) is 2.07. The molecule has 0 aromatic heterocycles. The van der Waals surface area contributed by atoms with Crippen LogP contribution < -0.4 is 10.6 Å². The molecule has 1 aromatic rings. The standard InChI is InChI=1S/C9H9N2O/c12-6-11-9-8-4-2-1-3-7(8)5-10-9/h1-4,9-10H,5H2,(H,11,12). The lowest BCUT2D eigenvalue weighted by molar-refractivity contribution is 0.495. The minimum absolute atomic E-state index is 0.0568. The van der Waals surface area contributed by atoms with E-state index in [-0.39, 0.29) is 6.17 Å². The molecule has 0 spiro atoms. The number of rotatable bonds is 2. The van der Waals surface area contributed by atoms with E-state index >= 15 is 0 Å². The van der Waals surface area contributed by atoms with Crippen LogP contribution >= 0.6 is 0 Å². The van der Waals surface area contributed by atoms with E-state index in [1.54, 1.807) is 6.41 Å². The summed E-state index contributed by atoms with van der Waals surface area (Å²) in [4.78, 5) is 10.1. The molecule has 1 radical (unpaired) electrons. The second-order valence-electron chi connectivity index (χ2n) is 2.76. The number of amides is 1. The maximum absolute atomic E-state index is 10.1. The van der Waals surface area contributed by atoms with Gasteiger partial charge in [0.1, 0.15) is 6.17 Å². The topological polar surface area (TPSA) is 41.1 Å². The van der Waals surface area contributed by atoms with Gasteiger partial charge < -0.3 is 5.32 Å². The summed E-state index contributed by atoms with van der Waals surface area (Å²) in [5, 5.41) is 5.73. The van der Waals surface area contributed by atoms with E-state index in [0.29, 0.717) is 0 Å². The summed E-state index contributed by atoms with van der Waals surface area (Å²) >= 11 is 0. The van der Waals surface area contributed by atoms with Crippen molar-refractivity contribution in [3.63, 3.8) is 0 Å². The molecule has 12 heavy (non-hydrogen) atoms. The third-order valence-corrected chi connectivity index (χ3v) is 2.07. The van der Waals surface area contributed by atoms with Crippen LogP contribution in [-0.2, 0) is 11.3 Å². The van der Waals surface area contributed by atoms with Gasteiger partial charge in [0.2, 0.25) is 0 Å². The Balaban J connectivity index is 2.29. The Morgan fingerprint density at radius 1 is 1.50 bits per heavy atom. The fraction of sp³-hybridized carbons (Fsp3) is 0.222. The minimum atomic E-state index is -0.0568. The van der Waals surface area contributed by atoms with Gasteiger partial charge in [0.25, 0.3) is 0 Å². The molecule has 1 aliphatic rings. The monoisotopic (exact) mass is 161 g/mol. The summed E-state index contributed by atoms with van der Waals surface area (Å²) in [7, 11) is 0. The van der Waals surface area contributed by atoms with E-state index in [1.165, 1.54) is 5.56 Å². The van der Waals surface area contributed by atoms with E-state index in [2.05, 4.69) is 16.7 Å². The van der Waals surface area contributed by atoms with Crippen LogP contribution in [0.15, 0.2) is 24.3 Å². The van der Waals surface area contributed by atoms with E-state index in [0.717, 1.165) is 12.1 Å². The normalized spacial score (nSPS) is 20.2. The molecule has 0 saturated carbocycles. The molecule has 3 heteroatoms. The zero-order chi connectivity index (χ0) is 8.39. The molecule has 1 unspecified atom stereocenters. The van der Waals surface area contributed by atoms with Crippen LogP contribution in [0.4, 0.5) is 0 Å². The van der Waals surface area contributed by atoms with Crippen LogP contribution in [0.5, 0.6) is 0 Å². The van der Waals surface area contributed by atoms with Crippen LogP contribution in [-0.4, -0.2) is 6.41 Å². The quantitative estimate of drug-likeness (QED) is 0.618. The van der Waals surface area contributed by atoms with Crippen LogP contribution in [0.3, 0.4) is 0 Å². The van der Waals surface area contributed by atoms with Gasteiger partial charge in [0.05, 0.1) is 0 Å². The Kier molecular flexibility index (Phi) is 1.80. The Bertz CT molecular complexity index is 298. The molecule has 61 valence electrons. The summed E-state index contributed by atoms with van der Waals surface area (Å²) in [5.41, 5.74) is 2.38. The van der Waals surface area contributed by atoms with Gasteiger partial charge in [-0.1, -0.05) is 24.3 Å². The molecule has 1 heterocycles. The van der Waals surface area contributed by atoms with Gasteiger partial charge in [-0.2, -0.15) is 0 Å². The minimum Gasteiger partial charge on any atom is -0.328 e. The Labute approximate surface area is 70.8 Å². The van der Waals surface area contributed by atoms with E-state index in [4.69, 9.17) is 0 Å². The Morgan fingerprint density at radius 3 is 3.17 bits per heavy atom. The lowest BCUT2D eigenvalue weighted by Crippen LogP contribution is -2.27. The fourth-order valence-electron chi connectivity index (χ4n) is 1.49. The van der Waals surface area contributed by atoms with Gasteiger partial charge in [-0.25, -0.2) is 0 Å². The van der Waals surface area contributed by atoms with Gasteiger partial charge in [0, 0.05) is 6.54 Å². The number of benzene rings is 1. The Hall–Kier alpha value is -1.35. The molecule has 2 N–H and O–H groups in total. The first-order valence-corrected chi connectivity index (χ1v) is 3.85. The highest BCUT2D eigenvalue weighted by molar-refractivity contribution is 5.50. The number of carbonyl (C=O) groups excluding carboxylic acids is 1. The largest absolute Gasteiger partial charge is 0.328 e. The van der Waals surface area contributed by atoms with Gasteiger partial charge in [-0.3, -0.25) is 10.1 Å². The molecule has 1 amide bonds. The number of hydrogen-bond acceptors (Lipinski definition) is 2. The zero-order valence-electron chi connectivity index (χ0n) is 6.50. The smallest absolute Gasteiger partial charge is 0.310 e. The van der Waals surface area contributed by atoms with Gasteiger partial charge >= 0.3 is 6.41 Å². The fourth-order valence-corrected chi connectivity index (χ4v) is 1.49. The highest BCUT2D eigenvalue weighted by atomic mass is 16.1. The molecule has 1 aliphatic heterocycles. The van der Waals surface area contributed by atoms with Gasteiger partial charge in [0.15, 0.2) is 0 Å². The SMILES string of the molecule is O=[C]NC1NCc2ccccc21. The second kappa shape index (κ2) is 2.95. The highest BCUT2D eigenvalue weighted by Gasteiger charge is 2.19. The van der Waals surface area contributed by atoms with Crippen molar-refractivity contribution in [3.8, 4) is 0 Å². The molecule has 0 aliphatic carbocycles. The first-order valence-electron chi connectivity index (χ1n) is 3.85. The molecule has 0 fully saturated rings. The van der Waals surface area contributed by atoms with Gasteiger partial charge in [-0.15, -0.1) is 0 Å². The van der Waals surface area contributed by atoms with E-state index < -0.39 is 0 Å². The second-order valence-corrected chi connectivity index (χ2v) is 2.76. The zero-order valence-corrected chi connectivity index (χ0v) is 6.50. The highest BCUT2D eigenvalue weighted by Crippen LogP contribution is 2.21. The van der Waals surface area contributed by atoms with Crippen molar-refractivity contribution >= 4 is 6.41 Å². The van der Waals surface area contributed by atoms with Crippen LogP contribution in [0.2, 0.25) is 0 Å². The number of hydrogen-bond donors (Lipinski definition) is 2. The summed E-state index contributed by atoms with van der Waals surface area (Å²) in [6, 6.07) is 8.01. The first kappa shape index (κ1) is 7.31. The van der Waals surface area contributed by atoms with Crippen molar-refractivity contribution in [1.82, 2.24) is 10.6 Å². The molecular weight excluding hydrogens is 152 g/mol. The van der Waals surface area contributed by atoms with E-state index in [1.807, 2.05) is 18.2 Å². The molecule has 1 aromatic carbocycles. The molecular formula is C9H9N2O. The number of fused-ring (bicyclic) bond motifs is 1. The summed E-state index contributed by atoms with van der Waals surface area (Å²) in [5.74, 6) is 0. The molecule has 1 atom stereocenters. The lowest BCUT2D eigenvalue weighted by Gasteiger charge is -2.08.